The van der Waals surface area contributed by atoms with Crippen molar-refractivity contribution >= 4 is 15.9 Å². The molecule has 21 heavy (non-hydrogen) atoms. The van der Waals surface area contributed by atoms with Crippen LogP contribution in [-0.4, -0.2) is 23.2 Å². The summed E-state index contributed by atoms with van der Waals surface area (Å²) in [5, 5.41) is 10.9. The molecule has 0 fully saturated rings. The number of ether oxygens (including phenoxy) is 1. The molecule has 0 saturated heterocycles. The first-order valence-electron chi connectivity index (χ1n) is 6.89. The van der Waals surface area contributed by atoms with Crippen LogP contribution in [0.2, 0.25) is 0 Å². The Morgan fingerprint density at radius 3 is 2.86 bits per heavy atom. The molecule has 1 aliphatic rings. The number of aliphatic hydroxyl groups excluding tert-OH is 1. The summed E-state index contributed by atoms with van der Waals surface area (Å²) in [5.74, 6) is 0.797. The van der Waals surface area contributed by atoms with Crippen molar-refractivity contribution in [1.82, 2.24) is 4.98 Å². The maximum atomic E-state index is 10.9. The number of pyridine rings is 1. The van der Waals surface area contributed by atoms with Gasteiger partial charge < -0.3 is 15.6 Å². The molecule has 3 rings (SSSR count). The molecule has 2 aromatic rings. The second kappa shape index (κ2) is 5.75. The normalized spacial score (nSPS) is 22.2. The third-order valence-corrected chi connectivity index (χ3v) is 4.62. The summed E-state index contributed by atoms with van der Waals surface area (Å²) in [6, 6.07) is 11.5. The molecule has 0 aliphatic carbocycles. The van der Waals surface area contributed by atoms with E-state index in [4.69, 9.17) is 10.5 Å². The summed E-state index contributed by atoms with van der Waals surface area (Å²) in [5.41, 5.74) is 7.09. The molecule has 0 radical (unpaired) electrons. The molecule has 4 nitrogen and oxygen atoms in total. The van der Waals surface area contributed by atoms with Crippen LogP contribution in [0.25, 0.3) is 0 Å². The quantitative estimate of drug-likeness (QED) is 0.894. The summed E-state index contributed by atoms with van der Waals surface area (Å²) < 4.78 is 6.57. The van der Waals surface area contributed by atoms with E-state index in [2.05, 4.69) is 20.9 Å². The van der Waals surface area contributed by atoms with Crippen molar-refractivity contribution in [2.24, 2.45) is 5.73 Å². The number of nitrogens with zero attached hydrogens (tertiary/aromatic N) is 1. The maximum absolute atomic E-state index is 10.9. The van der Waals surface area contributed by atoms with E-state index < -0.39 is 11.5 Å². The summed E-state index contributed by atoms with van der Waals surface area (Å²) in [6.45, 7) is 0.883. The van der Waals surface area contributed by atoms with Crippen LogP contribution in [0.4, 0.5) is 0 Å². The predicted octanol–water partition coefficient (Wildman–Crippen LogP) is 2.56. The van der Waals surface area contributed by atoms with E-state index in [0.717, 1.165) is 15.8 Å². The first kappa shape index (κ1) is 14.5. The summed E-state index contributed by atoms with van der Waals surface area (Å²) in [7, 11) is 0. The van der Waals surface area contributed by atoms with Crippen LogP contribution in [0.3, 0.4) is 0 Å². The molecule has 0 saturated carbocycles. The van der Waals surface area contributed by atoms with Crippen LogP contribution < -0.4 is 10.5 Å². The second-order valence-electron chi connectivity index (χ2n) is 5.26. The zero-order valence-corrected chi connectivity index (χ0v) is 13.1. The van der Waals surface area contributed by atoms with Gasteiger partial charge in [0.05, 0.1) is 12.3 Å². The van der Waals surface area contributed by atoms with E-state index in [1.54, 1.807) is 6.20 Å². The number of hydrogen-bond acceptors (Lipinski definition) is 4. The predicted molar refractivity (Wildman–Crippen MR) is 84.2 cm³/mol. The molecule has 1 aromatic heterocycles. The van der Waals surface area contributed by atoms with E-state index in [1.165, 1.54) is 0 Å². The maximum Gasteiger partial charge on any atom is 0.123 e. The molecule has 1 aromatic carbocycles. The molecule has 2 atom stereocenters. The van der Waals surface area contributed by atoms with Gasteiger partial charge in [-0.2, -0.15) is 0 Å². The summed E-state index contributed by atoms with van der Waals surface area (Å²) in [6.07, 6.45) is 1.59. The Hall–Kier alpha value is -1.43. The van der Waals surface area contributed by atoms with Crippen molar-refractivity contribution in [3.8, 4) is 5.75 Å². The van der Waals surface area contributed by atoms with Crippen LogP contribution in [0, 0.1) is 0 Å². The van der Waals surface area contributed by atoms with Gasteiger partial charge in [-0.25, -0.2) is 0 Å². The minimum atomic E-state index is -0.763. The highest BCUT2D eigenvalue weighted by Crippen LogP contribution is 2.45. The van der Waals surface area contributed by atoms with Gasteiger partial charge >= 0.3 is 0 Å². The van der Waals surface area contributed by atoms with Gasteiger partial charge in [-0.15, -0.1) is 0 Å². The molecule has 2 heterocycles. The van der Waals surface area contributed by atoms with Crippen LogP contribution in [0.15, 0.2) is 47.1 Å². The molecule has 5 heteroatoms. The Balaban J connectivity index is 2.07. The van der Waals surface area contributed by atoms with E-state index in [-0.39, 0.29) is 0 Å². The lowest BCUT2D eigenvalue weighted by atomic mass is 9.70. The highest BCUT2D eigenvalue weighted by atomic mass is 79.9. The van der Waals surface area contributed by atoms with E-state index >= 15 is 0 Å². The highest BCUT2D eigenvalue weighted by molar-refractivity contribution is 9.10. The number of rotatable bonds is 3. The SMILES string of the molecule is NCC1(C(O)c2ccc(Br)cn2)CCOc2ccccc21. The molecule has 2 unspecified atom stereocenters. The van der Waals surface area contributed by atoms with Crippen LogP contribution in [0.5, 0.6) is 5.75 Å². The summed E-state index contributed by atoms with van der Waals surface area (Å²) >= 11 is 3.36. The van der Waals surface area contributed by atoms with E-state index in [1.807, 2.05) is 36.4 Å². The van der Waals surface area contributed by atoms with E-state index in [0.29, 0.717) is 25.3 Å². The lowest BCUT2D eigenvalue weighted by molar-refractivity contribution is 0.0504. The number of para-hydroxylation sites is 1. The topological polar surface area (TPSA) is 68.4 Å². The minimum absolute atomic E-state index is 0.340. The fourth-order valence-electron chi connectivity index (χ4n) is 2.92. The molecular weight excluding hydrogens is 332 g/mol. The van der Waals surface area contributed by atoms with Crippen molar-refractivity contribution in [1.29, 1.82) is 0 Å². The Labute approximate surface area is 132 Å². The van der Waals surface area contributed by atoms with Gasteiger partial charge in [0.2, 0.25) is 0 Å². The van der Waals surface area contributed by atoms with Crippen molar-refractivity contribution in [3.63, 3.8) is 0 Å². The van der Waals surface area contributed by atoms with Crippen LogP contribution >= 0.6 is 15.9 Å². The van der Waals surface area contributed by atoms with Gasteiger partial charge in [0.25, 0.3) is 0 Å². The first-order chi connectivity index (χ1) is 10.2. The van der Waals surface area contributed by atoms with Gasteiger partial charge in [-0.1, -0.05) is 18.2 Å². The van der Waals surface area contributed by atoms with Crippen molar-refractivity contribution in [2.45, 2.75) is 17.9 Å². The lowest BCUT2D eigenvalue weighted by Gasteiger charge is -2.41. The molecule has 0 bridgehead atoms. The zero-order chi connectivity index (χ0) is 14.9. The molecule has 3 N–H and O–H groups in total. The number of nitrogens with two attached hydrogens (primary N) is 1. The van der Waals surface area contributed by atoms with Crippen molar-refractivity contribution < 1.29 is 9.84 Å². The third kappa shape index (κ3) is 2.46. The minimum Gasteiger partial charge on any atom is -0.493 e. The Kier molecular flexibility index (Phi) is 3.97. The molecule has 1 aliphatic heterocycles. The molecule has 0 spiro atoms. The standard InChI is InChI=1S/C16H17BrN2O2/c17-11-5-6-13(19-9-11)15(20)16(10-18)7-8-21-14-4-2-1-3-12(14)16/h1-6,9,15,20H,7-8,10,18H2. The largest absolute Gasteiger partial charge is 0.493 e. The highest BCUT2D eigenvalue weighted by Gasteiger charge is 2.44. The van der Waals surface area contributed by atoms with Crippen molar-refractivity contribution in [3.05, 3.63) is 58.3 Å². The first-order valence-corrected chi connectivity index (χ1v) is 7.68. The zero-order valence-electron chi connectivity index (χ0n) is 11.5. The average molecular weight is 349 g/mol. The monoisotopic (exact) mass is 348 g/mol. The number of benzene rings is 1. The fraction of sp³-hybridized carbons (Fsp3) is 0.312. The van der Waals surface area contributed by atoms with Gasteiger partial charge in [0.15, 0.2) is 0 Å². The van der Waals surface area contributed by atoms with Gasteiger partial charge in [-0.3, -0.25) is 4.98 Å². The fourth-order valence-corrected chi connectivity index (χ4v) is 3.16. The second-order valence-corrected chi connectivity index (χ2v) is 6.17. The Morgan fingerprint density at radius 1 is 1.33 bits per heavy atom. The van der Waals surface area contributed by atoms with Crippen LogP contribution in [0.1, 0.15) is 23.8 Å². The van der Waals surface area contributed by atoms with Gasteiger partial charge in [0, 0.05) is 28.2 Å². The number of aromatic nitrogens is 1. The van der Waals surface area contributed by atoms with Crippen molar-refractivity contribution in [2.75, 3.05) is 13.2 Å². The molecular formula is C16H17BrN2O2. The number of aliphatic hydroxyl groups is 1. The Morgan fingerprint density at radius 2 is 2.14 bits per heavy atom. The van der Waals surface area contributed by atoms with Gasteiger partial charge in [0.1, 0.15) is 11.9 Å². The lowest BCUT2D eigenvalue weighted by Crippen LogP contribution is -2.45. The third-order valence-electron chi connectivity index (χ3n) is 4.15. The average Bonchev–Trinajstić information content (AvgIpc) is 2.54. The number of fused-ring (bicyclic) bond motifs is 1. The molecule has 0 amide bonds. The number of halogens is 1. The smallest absolute Gasteiger partial charge is 0.123 e. The Bertz CT molecular complexity index is 632. The van der Waals surface area contributed by atoms with Crippen LogP contribution in [-0.2, 0) is 5.41 Å². The van der Waals surface area contributed by atoms with Gasteiger partial charge in [-0.05, 0) is 40.5 Å². The van der Waals surface area contributed by atoms with E-state index in [9.17, 15) is 5.11 Å². The number of hydrogen-bond donors (Lipinski definition) is 2. The molecule has 110 valence electrons. The summed E-state index contributed by atoms with van der Waals surface area (Å²) in [4.78, 5) is 4.33.